The number of thiophene rings is 2. The summed E-state index contributed by atoms with van der Waals surface area (Å²) < 4.78 is 40.1. The predicted octanol–water partition coefficient (Wildman–Crippen LogP) is 3.96. The number of amides is 2. The molecule has 3 rings (SSSR count). The first kappa shape index (κ1) is 19.7. The van der Waals surface area contributed by atoms with E-state index >= 15 is 0 Å². The second kappa shape index (κ2) is 8.30. The third-order valence-electron chi connectivity index (χ3n) is 4.07. The van der Waals surface area contributed by atoms with Crippen molar-refractivity contribution in [1.82, 2.24) is 10.2 Å². The van der Waals surface area contributed by atoms with Crippen molar-refractivity contribution >= 4 is 34.7 Å². The average molecular weight is 418 g/mol. The molecule has 2 aromatic rings. The number of hydrogen-bond donors (Lipinski definition) is 1. The van der Waals surface area contributed by atoms with Gasteiger partial charge in [0.15, 0.2) is 6.61 Å². The van der Waals surface area contributed by atoms with Crippen LogP contribution in [-0.2, 0) is 16.0 Å². The highest BCUT2D eigenvalue weighted by molar-refractivity contribution is 7.10. The number of alkyl carbamates (subject to hydrolysis) is 1. The van der Waals surface area contributed by atoms with Crippen LogP contribution in [0.2, 0.25) is 0 Å². The first-order valence-corrected chi connectivity index (χ1v) is 9.97. The number of carbonyl (C=O) groups excluding carboxylic acids is 2. The van der Waals surface area contributed by atoms with Crippen molar-refractivity contribution in [2.45, 2.75) is 25.1 Å². The van der Waals surface area contributed by atoms with E-state index < -0.39 is 18.9 Å². The van der Waals surface area contributed by atoms with Gasteiger partial charge in [-0.05, 0) is 34.9 Å². The van der Waals surface area contributed by atoms with Crippen LogP contribution in [0.25, 0.3) is 0 Å². The van der Waals surface area contributed by atoms with Crippen molar-refractivity contribution < 1.29 is 27.5 Å². The Morgan fingerprint density at radius 3 is 2.78 bits per heavy atom. The molecule has 1 N–H and O–H groups in total. The zero-order valence-corrected chi connectivity index (χ0v) is 15.8. The molecule has 0 unspecified atom stereocenters. The Morgan fingerprint density at radius 1 is 1.26 bits per heavy atom. The zero-order chi connectivity index (χ0) is 19.4. The Bertz CT molecular complexity index is 790. The lowest BCUT2D eigenvalue weighted by molar-refractivity contribution is -0.160. The second-order valence-corrected chi connectivity index (χ2v) is 7.90. The molecule has 3 heterocycles. The lowest BCUT2D eigenvalue weighted by Crippen LogP contribution is -2.41. The molecule has 10 heteroatoms. The van der Waals surface area contributed by atoms with E-state index in [9.17, 15) is 22.8 Å². The summed E-state index contributed by atoms with van der Waals surface area (Å²) in [6.45, 7) is -1.17. The summed E-state index contributed by atoms with van der Waals surface area (Å²) in [6, 6.07) is 5.78. The van der Waals surface area contributed by atoms with Gasteiger partial charge in [0.2, 0.25) is 5.91 Å². The van der Waals surface area contributed by atoms with E-state index in [4.69, 9.17) is 0 Å². The summed E-state index contributed by atoms with van der Waals surface area (Å²) in [5.74, 6) is -0.165. The van der Waals surface area contributed by atoms with E-state index in [0.717, 1.165) is 16.9 Å². The third-order valence-corrected chi connectivity index (χ3v) is 6.00. The largest absolute Gasteiger partial charge is 0.440 e. The summed E-state index contributed by atoms with van der Waals surface area (Å²) in [4.78, 5) is 28.0. The number of rotatable bonds is 5. The smallest absolute Gasteiger partial charge is 0.422 e. The number of alkyl halides is 3. The normalized spacial score (nSPS) is 16.7. The number of ether oxygens (including phenoxy) is 1. The zero-order valence-electron chi connectivity index (χ0n) is 14.1. The van der Waals surface area contributed by atoms with Crippen LogP contribution in [0.3, 0.4) is 0 Å². The Morgan fingerprint density at radius 2 is 2.07 bits per heavy atom. The molecular weight excluding hydrogens is 401 g/mol. The fourth-order valence-corrected chi connectivity index (χ4v) is 4.71. The maximum atomic E-state index is 12.7. The first-order chi connectivity index (χ1) is 12.8. The Hall–Kier alpha value is -2.07. The maximum absolute atomic E-state index is 12.7. The predicted molar refractivity (Wildman–Crippen MR) is 95.9 cm³/mol. The van der Waals surface area contributed by atoms with Crippen molar-refractivity contribution in [2.24, 2.45) is 0 Å². The van der Waals surface area contributed by atoms with Gasteiger partial charge in [-0.2, -0.15) is 13.2 Å². The van der Waals surface area contributed by atoms with Gasteiger partial charge in [0.1, 0.15) is 0 Å². The minimum atomic E-state index is -4.58. The molecule has 0 spiro atoms. The second-order valence-electron chi connectivity index (χ2n) is 5.92. The van der Waals surface area contributed by atoms with Crippen LogP contribution in [-0.4, -0.2) is 42.8 Å². The van der Waals surface area contributed by atoms with Crippen molar-refractivity contribution in [3.8, 4) is 0 Å². The van der Waals surface area contributed by atoms with Gasteiger partial charge in [-0.1, -0.05) is 6.07 Å². The summed E-state index contributed by atoms with van der Waals surface area (Å²) in [7, 11) is 0. The van der Waals surface area contributed by atoms with E-state index in [2.05, 4.69) is 10.1 Å². The minimum absolute atomic E-state index is 0.0114. The van der Waals surface area contributed by atoms with Gasteiger partial charge in [-0.3, -0.25) is 4.79 Å². The summed E-state index contributed by atoms with van der Waals surface area (Å²) >= 11 is 3.24. The molecule has 146 valence electrons. The van der Waals surface area contributed by atoms with Crippen molar-refractivity contribution in [1.29, 1.82) is 0 Å². The average Bonchev–Trinajstić information content (AvgIpc) is 3.29. The van der Waals surface area contributed by atoms with Crippen LogP contribution in [0.1, 0.15) is 27.8 Å². The molecular formula is C17H17F3N2O3S2. The van der Waals surface area contributed by atoms with Gasteiger partial charge in [0, 0.05) is 29.3 Å². The topological polar surface area (TPSA) is 58.6 Å². The van der Waals surface area contributed by atoms with Gasteiger partial charge in [0.25, 0.3) is 0 Å². The number of fused-ring (bicyclic) bond motifs is 1. The fourth-order valence-electron chi connectivity index (χ4n) is 2.95. The van der Waals surface area contributed by atoms with Crippen LogP contribution in [0.5, 0.6) is 0 Å². The molecule has 0 aliphatic carbocycles. The van der Waals surface area contributed by atoms with Crippen LogP contribution < -0.4 is 5.32 Å². The standard InChI is InChI=1S/C17H17F3N2O3S2/c18-17(19,20)10-25-16(24)21-6-3-14(23)22-7-4-12-11(5-9-27-12)15(22)13-2-1-8-26-13/h1-2,5,8-9,15H,3-4,6-7,10H2,(H,21,24)/t15-/m1/s1. The molecule has 27 heavy (non-hydrogen) atoms. The van der Waals surface area contributed by atoms with E-state index in [1.54, 1.807) is 27.6 Å². The lowest BCUT2D eigenvalue weighted by Gasteiger charge is -2.35. The molecule has 1 aliphatic heterocycles. The Labute approximate surface area is 161 Å². The van der Waals surface area contributed by atoms with Crippen molar-refractivity contribution in [3.05, 3.63) is 44.3 Å². The number of carbonyl (C=O) groups is 2. The number of nitrogens with zero attached hydrogens (tertiary/aromatic N) is 1. The monoisotopic (exact) mass is 418 g/mol. The molecule has 0 radical (unpaired) electrons. The maximum Gasteiger partial charge on any atom is 0.422 e. The molecule has 1 aliphatic rings. The summed E-state index contributed by atoms with van der Waals surface area (Å²) in [5.41, 5.74) is 1.11. The van der Waals surface area contributed by atoms with Crippen LogP contribution >= 0.6 is 22.7 Å². The molecule has 0 fully saturated rings. The number of nitrogens with one attached hydrogen (secondary N) is 1. The van der Waals surface area contributed by atoms with Gasteiger partial charge in [-0.25, -0.2) is 4.79 Å². The molecule has 0 saturated carbocycles. The van der Waals surface area contributed by atoms with Gasteiger partial charge in [0.05, 0.1) is 6.04 Å². The minimum Gasteiger partial charge on any atom is -0.440 e. The molecule has 1 atom stereocenters. The third kappa shape index (κ3) is 5.01. The summed E-state index contributed by atoms with van der Waals surface area (Å²) in [5, 5.41) is 6.15. The van der Waals surface area contributed by atoms with Crippen molar-refractivity contribution in [3.63, 3.8) is 0 Å². The van der Waals surface area contributed by atoms with E-state index in [-0.39, 0.29) is 24.9 Å². The Kier molecular flexibility index (Phi) is 6.05. The molecule has 2 aromatic heterocycles. The first-order valence-electron chi connectivity index (χ1n) is 8.21. The number of hydrogen-bond acceptors (Lipinski definition) is 5. The van der Waals surface area contributed by atoms with Gasteiger partial charge < -0.3 is 15.0 Å². The molecule has 2 amide bonds. The van der Waals surface area contributed by atoms with E-state index in [1.165, 1.54) is 4.88 Å². The van der Waals surface area contributed by atoms with Crippen LogP contribution in [0.4, 0.5) is 18.0 Å². The molecule has 0 saturated heterocycles. The number of halogens is 3. The van der Waals surface area contributed by atoms with Crippen LogP contribution in [0, 0.1) is 0 Å². The molecule has 5 nitrogen and oxygen atoms in total. The lowest BCUT2D eigenvalue weighted by atomic mass is 9.98. The molecule has 0 aromatic carbocycles. The van der Waals surface area contributed by atoms with E-state index in [0.29, 0.717) is 6.54 Å². The SMILES string of the molecule is O=C(NCCC(=O)N1CCc2sccc2[C@@H]1c1cccs1)OCC(F)(F)F. The Balaban J connectivity index is 1.58. The van der Waals surface area contributed by atoms with Gasteiger partial charge >= 0.3 is 12.3 Å². The fraction of sp³-hybridized carbons (Fsp3) is 0.412. The van der Waals surface area contributed by atoms with E-state index in [1.807, 2.05) is 29.0 Å². The van der Waals surface area contributed by atoms with Crippen molar-refractivity contribution in [2.75, 3.05) is 19.7 Å². The summed E-state index contributed by atoms with van der Waals surface area (Å²) in [6.07, 6.45) is -5.01. The van der Waals surface area contributed by atoms with Crippen LogP contribution in [0.15, 0.2) is 29.0 Å². The highest BCUT2D eigenvalue weighted by atomic mass is 32.1. The quantitative estimate of drug-likeness (QED) is 0.800. The molecule has 0 bridgehead atoms. The highest BCUT2D eigenvalue weighted by Gasteiger charge is 2.33. The van der Waals surface area contributed by atoms with Gasteiger partial charge in [-0.15, -0.1) is 22.7 Å². The highest BCUT2D eigenvalue weighted by Crippen LogP contribution is 2.39.